The Morgan fingerprint density at radius 3 is 2.82 bits per heavy atom. The number of nitrogens with zero attached hydrogens (tertiary/aromatic N) is 3. The van der Waals surface area contributed by atoms with Crippen LogP contribution in [0.15, 0.2) is 35.3 Å². The van der Waals surface area contributed by atoms with E-state index in [1.807, 2.05) is 12.1 Å². The van der Waals surface area contributed by atoms with E-state index in [0.29, 0.717) is 6.04 Å². The van der Waals surface area contributed by atoms with E-state index in [0.717, 1.165) is 16.7 Å². The number of nitrogens with one attached hydrogen (secondary N) is 1. The molecule has 0 aliphatic carbocycles. The van der Waals surface area contributed by atoms with Crippen molar-refractivity contribution in [1.29, 1.82) is 0 Å². The molecule has 1 N–H and O–H groups in total. The first-order chi connectivity index (χ1) is 8.16. The Hall–Kier alpha value is -1.20. The number of rotatable bonds is 4. The van der Waals surface area contributed by atoms with Gasteiger partial charge in [0.1, 0.15) is 12.7 Å². The lowest BCUT2D eigenvalue weighted by Crippen LogP contribution is -2.22. The van der Waals surface area contributed by atoms with Crippen LogP contribution in [0.5, 0.6) is 0 Å². The summed E-state index contributed by atoms with van der Waals surface area (Å²) in [5.74, 6) is 0. The van der Waals surface area contributed by atoms with Crippen molar-refractivity contribution in [3.8, 4) is 5.69 Å². The fourth-order valence-electron chi connectivity index (χ4n) is 1.48. The molecular weight excluding hydrogens is 280 g/mol. The third-order valence-corrected chi connectivity index (χ3v) is 3.16. The monoisotopic (exact) mass is 294 g/mol. The van der Waals surface area contributed by atoms with Crippen molar-refractivity contribution in [3.05, 3.63) is 40.9 Å². The number of aromatic nitrogens is 3. The highest BCUT2D eigenvalue weighted by molar-refractivity contribution is 9.10. The number of halogens is 1. The van der Waals surface area contributed by atoms with Crippen molar-refractivity contribution >= 4 is 15.9 Å². The molecule has 0 bridgehead atoms. The summed E-state index contributed by atoms with van der Waals surface area (Å²) in [5, 5.41) is 7.49. The molecule has 90 valence electrons. The maximum absolute atomic E-state index is 4.10. The Kier molecular flexibility index (Phi) is 3.91. The zero-order chi connectivity index (χ0) is 12.3. The van der Waals surface area contributed by atoms with Crippen molar-refractivity contribution < 1.29 is 0 Å². The van der Waals surface area contributed by atoms with E-state index < -0.39 is 0 Å². The molecule has 0 saturated heterocycles. The van der Waals surface area contributed by atoms with E-state index in [1.54, 1.807) is 11.0 Å². The van der Waals surface area contributed by atoms with E-state index in [2.05, 4.69) is 51.2 Å². The van der Waals surface area contributed by atoms with Crippen LogP contribution in [0.2, 0.25) is 0 Å². The lowest BCUT2D eigenvalue weighted by atomic mass is 10.2. The van der Waals surface area contributed by atoms with E-state index in [9.17, 15) is 0 Å². The van der Waals surface area contributed by atoms with Crippen molar-refractivity contribution in [2.75, 3.05) is 0 Å². The van der Waals surface area contributed by atoms with Gasteiger partial charge < -0.3 is 5.32 Å². The Morgan fingerprint density at radius 2 is 2.24 bits per heavy atom. The molecule has 0 spiro atoms. The molecule has 0 aliphatic rings. The SMILES string of the molecule is CC(C)NCc1ccc(-n2cncn2)cc1Br. The number of hydrogen-bond acceptors (Lipinski definition) is 3. The Balaban J connectivity index is 2.17. The van der Waals surface area contributed by atoms with E-state index in [1.165, 1.54) is 11.9 Å². The average Bonchev–Trinajstić information content (AvgIpc) is 2.80. The Morgan fingerprint density at radius 1 is 1.41 bits per heavy atom. The van der Waals surface area contributed by atoms with Gasteiger partial charge in [-0.1, -0.05) is 35.8 Å². The van der Waals surface area contributed by atoms with Gasteiger partial charge in [0.15, 0.2) is 0 Å². The van der Waals surface area contributed by atoms with Gasteiger partial charge in [0, 0.05) is 17.1 Å². The van der Waals surface area contributed by atoms with Crippen LogP contribution in [-0.4, -0.2) is 20.8 Å². The van der Waals surface area contributed by atoms with Gasteiger partial charge in [-0.2, -0.15) is 5.10 Å². The van der Waals surface area contributed by atoms with Gasteiger partial charge in [-0.05, 0) is 17.7 Å². The van der Waals surface area contributed by atoms with Crippen LogP contribution >= 0.6 is 15.9 Å². The molecule has 1 aromatic heterocycles. The largest absolute Gasteiger partial charge is 0.310 e. The van der Waals surface area contributed by atoms with E-state index in [-0.39, 0.29) is 0 Å². The highest BCUT2D eigenvalue weighted by Crippen LogP contribution is 2.20. The maximum Gasteiger partial charge on any atom is 0.138 e. The third-order valence-electron chi connectivity index (χ3n) is 2.42. The predicted molar refractivity (Wildman–Crippen MR) is 71.0 cm³/mol. The molecule has 0 unspecified atom stereocenters. The smallest absolute Gasteiger partial charge is 0.138 e. The third kappa shape index (κ3) is 3.14. The van der Waals surface area contributed by atoms with E-state index >= 15 is 0 Å². The van der Waals surface area contributed by atoms with Gasteiger partial charge >= 0.3 is 0 Å². The summed E-state index contributed by atoms with van der Waals surface area (Å²) in [7, 11) is 0. The zero-order valence-corrected chi connectivity index (χ0v) is 11.5. The highest BCUT2D eigenvalue weighted by Gasteiger charge is 2.04. The molecular formula is C12H15BrN4. The molecule has 0 amide bonds. The first kappa shape index (κ1) is 12.3. The molecule has 4 nitrogen and oxygen atoms in total. The molecule has 2 rings (SSSR count). The molecule has 0 saturated carbocycles. The summed E-state index contributed by atoms with van der Waals surface area (Å²) in [5.41, 5.74) is 2.24. The average molecular weight is 295 g/mol. The molecule has 0 atom stereocenters. The normalized spacial score (nSPS) is 11.1. The molecule has 17 heavy (non-hydrogen) atoms. The van der Waals surface area contributed by atoms with Crippen LogP contribution in [0.25, 0.3) is 5.69 Å². The quantitative estimate of drug-likeness (QED) is 0.942. The first-order valence-electron chi connectivity index (χ1n) is 5.53. The molecule has 5 heteroatoms. The second-order valence-corrected chi connectivity index (χ2v) is 5.01. The van der Waals surface area contributed by atoms with Gasteiger partial charge in [0.25, 0.3) is 0 Å². The van der Waals surface area contributed by atoms with Gasteiger partial charge in [0.2, 0.25) is 0 Å². The van der Waals surface area contributed by atoms with Crippen LogP contribution in [0.1, 0.15) is 19.4 Å². The summed E-state index contributed by atoms with van der Waals surface area (Å²) < 4.78 is 2.82. The van der Waals surface area contributed by atoms with Gasteiger partial charge in [0.05, 0.1) is 5.69 Å². The van der Waals surface area contributed by atoms with Gasteiger partial charge in [-0.3, -0.25) is 0 Å². The minimum absolute atomic E-state index is 0.483. The summed E-state index contributed by atoms with van der Waals surface area (Å²) in [6, 6.07) is 6.66. The van der Waals surface area contributed by atoms with Crippen LogP contribution in [0.3, 0.4) is 0 Å². The molecule has 2 aromatic rings. The molecule has 1 aromatic carbocycles. The molecule has 1 heterocycles. The summed E-state index contributed by atoms with van der Waals surface area (Å²) >= 11 is 3.58. The first-order valence-corrected chi connectivity index (χ1v) is 6.33. The standard InChI is InChI=1S/C12H15BrN4/c1-9(2)15-6-10-3-4-11(5-12(10)13)17-8-14-7-16-17/h3-5,7-9,15H,6H2,1-2H3. The van der Waals surface area contributed by atoms with E-state index in [4.69, 9.17) is 0 Å². The predicted octanol–water partition coefficient (Wildman–Crippen LogP) is 2.53. The Bertz CT molecular complexity index is 479. The topological polar surface area (TPSA) is 42.7 Å². The lowest BCUT2D eigenvalue weighted by Gasteiger charge is -2.10. The maximum atomic E-state index is 4.10. The van der Waals surface area contributed by atoms with Crippen LogP contribution in [0.4, 0.5) is 0 Å². The van der Waals surface area contributed by atoms with Crippen molar-refractivity contribution in [2.45, 2.75) is 26.4 Å². The second-order valence-electron chi connectivity index (χ2n) is 4.15. The van der Waals surface area contributed by atoms with Crippen molar-refractivity contribution in [2.24, 2.45) is 0 Å². The van der Waals surface area contributed by atoms with Crippen molar-refractivity contribution in [1.82, 2.24) is 20.1 Å². The lowest BCUT2D eigenvalue weighted by molar-refractivity contribution is 0.588. The zero-order valence-electron chi connectivity index (χ0n) is 9.89. The summed E-state index contributed by atoms with van der Waals surface area (Å²) in [6.07, 6.45) is 3.22. The van der Waals surface area contributed by atoms with Crippen LogP contribution in [0, 0.1) is 0 Å². The summed E-state index contributed by atoms with van der Waals surface area (Å²) in [6.45, 7) is 5.13. The minimum Gasteiger partial charge on any atom is -0.310 e. The minimum atomic E-state index is 0.483. The fourth-order valence-corrected chi connectivity index (χ4v) is 1.98. The Labute approximate surface area is 109 Å². The van der Waals surface area contributed by atoms with Gasteiger partial charge in [-0.25, -0.2) is 9.67 Å². The molecule has 0 radical (unpaired) electrons. The fraction of sp³-hybridized carbons (Fsp3) is 0.333. The molecule has 0 aliphatic heterocycles. The highest BCUT2D eigenvalue weighted by atomic mass is 79.9. The summed E-state index contributed by atoms with van der Waals surface area (Å²) in [4.78, 5) is 3.93. The van der Waals surface area contributed by atoms with Crippen LogP contribution < -0.4 is 5.32 Å². The van der Waals surface area contributed by atoms with Gasteiger partial charge in [-0.15, -0.1) is 0 Å². The number of hydrogen-bond donors (Lipinski definition) is 1. The number of benzene rings is 1. The second kappa shape index (κ2) is 5.42. The molecule has 0 fully saturated rings. The van der Waals surface area contributed by atoms with Crippen molar-refractivity contribution in [3.63, 3.8) is 0 Å². The van der Waals surface area contributed by atoms with Crippen LogP contribution in [-0.2, 0) is 6.54 Å².